The number of imide groups is 1. The zero-order valence-corrected chi connectivity index (χ0v) is 20.6. The zero-order chi connectivity index (χ0) is 25.0. The highest BCUT2D eigenvalue weighted by molar-refractivity contribution is 6.21. The van der Waals surface area contributed by atoms with Gasteiger partial charge in [0.15, 0.2) is 11.7 Å². The summed E-state index contributed by atoms with van der Waals surface area (Å²) in [5.74, 6) is 1.84. The number of urea groups is 1. The van der Waals surface area contributed by atoms with Crippen LogP contribution in [0.4, 0.5) is 10.6 Å². The topological polar surface area (TPSA) is 100 Å². The third kappa shape index (κ3) is 3.38. The standard InChI is InChI=1S/C26H30N6O4/c1-3-12-29-23-20(32(15-36-2)21(28-23)16-8-4-5-9-16)22-27-17(13-30(22)26(29)35)14-31-24(33)18-10-6-7-11-19(18)25(31)34/h6-7,10-11,16-17H,3-5,8-9,12-15H2,1-2H3. The van der Waals surface area contributed by atoms with Crippen LogP contribution < -0.4 is 4.90 Å². The third-order valence-electron chi connectivity index (χ3n) is 7.56. The lowest BCUT2D eigenvalue weighted by Gasteiger charge is -2.33. The number of imidazole rings is 1. The molecule has 2 aromatic rings. The van der Waals surface area contributed by atoms with Crippen molar-refractivity contribution in [2.75, 3.05) is 31.6 Å². The summed E-state index contributed by atoms with van der Waals surface area (Å²) in [6, 6.07) is 6.28. The summed E-state index contributed by atoms with van der Waals surface area (Å²) < 4.78 is 7.64. The number of carbonyl (C=O) groups is 3. The molecule has 188 valence electrons. The predicted molar refractivity (Wildman–Crippen MR) is 132 cm³/mol. The molecule has 36 heavy (non-hydrogen) atoms. The second-order valence-corrected chi connectivity index (χ2v) is 9.89. The van der Waals surface area contributed by atoms with E-state index in [-0.39, 0.29) is 24.4 Å². The highest BCUT2D eigenvalue weighted by Crippen LogP contribution is 2.39. The van der Waals surface area contributed by atoms with Crippen LogP contribution in [0.3, 0.4) is 0 Å². The van der Waals surface area contributed by atoms with Crippen molar-refractivity contribution in [2.45, 2.75) is 57.7 Å². The summed E-state index contributed by atoms with van der Waals surface area (Å²) in [6.07, 6.45) is 5.27. The largest absolute Gasteiger partial charge is 0.364 e. The van der Waals surface area contributed by atoms with Crippen molar-refractivity contribution < 1.29 is 19.1 Å². The van der Waals surface area contributed by atoms with Gasteiger partial charge in [0, 0.05) is 19.6 Å². The molecule has 0 spiro atoms. The van der Waals surface area contributed by atoms with E-state index in [1.165, 1.54) is 17.7 Å². The number of carbonyl (C=O) groups excluding carboxylic acids is 3. The highest BCUT2D eigenvalue weighted by Gasteiger charge is 2.46. The van der Waals surface area contributed by atoms with Gasteiger partial charge >= 0.3 is 6.03 Å². The van der Waals surface area contributed by atoms with Crippen molar-refractivity contribution in [3.63, 3.8) is 0 Å². The van der Waals surface area contributed by atoms with Crippen LogP contribution in [0.5, 0.6) is 0 Å². The Hall–Kier alpha value is -3.53. The number of fused-ring (bicyclic) bond motifs is 4. The van der Waals surface area contributed by atoms with E-state index < -0.39 is 6.04 Å². The molecule has 1 saturated carbocycles. The number of rotatable bonds is 7. The zero-order valence-electron chi connectivity index (χ0n) is 20.6. The van der Waals surface area contributed by atoms with Crippen LogP contribution in [0, 0.1) is 0 Å². The van der Waals surface area contributed by atoms with E-state index in [0.717, 1.165) is 30.8 Å². The molecule has 4 amide bonds. The van der Waals surface area contributed by atoms with Gasteiger partial charge in [0.2, 0.25) is 0 Å². The number of amides is 4. The van der Waals surface area contributed by atoms with Crippen LogP contribution in [0.25, 0.3) is 0 Å². The van der Waals surface area contributed by atoms with Gasteiger partial charge in [0.05, 0.1) is 30.3 Å². The van der Waals surface area contributed by atoms with Crippen molar-refractivity contribution in [1.29, 1.82) is 0 Å². The van der Waals surface area contributed by atoms with E-state index in [1.54, 1.807) is 41.2 Å². The molecule has 0 saturated heterocycles. The minimum absolute atomic E-state index is 0.122. The number of benzene rings is 1. The predicted octanol–water partition coefficient (Wildman–Crippen LogP) is 3.22. The molecule has 0 N–H and O–H groups in total. The van der Waals surface area contributed by atoms with E-state index in [9.17, 15) is 14.4 Å². The molecule has 1 unspecified atom stereocenters. The Morgan fingerprint density at radius 1 is 1.03 bits per heavy atom. The van der Waals surface area contributed by atoms with Crippen LogP contribution >= 0.6 is 0 Å². The molecule has 6 rings (SSSR count). The maximum atomic E-state index is 13.6. The molecule has 3 aliphatic heterocycles. The number of hydrogen-bond acceptors (Lipinski definition) is 6. The van der Waals surface area contributed by atoms with Gasteiger partial charge in [0.25, 0.3) is 11.8 Å². The normalized spacial score (nSPS) is 21.4. The smallest absolute Gasteiger partial charge is 0.331 e. The number of anilines is 1. The van der Waals surface area contributed by atoms with E-state index in [4.69, 9.17) is 14.7 Å². The minimum atomic E-state index is -0.415. The van der Waals surface area contributed by atoms with Crippen LogP contribution in [0.15, 0.2) is 29.3 Å². The second kappa shape index (κ2) is 8.85. The number of aromatic nitrogens is 2. The summed E-state index contributed by atoms with van der Waals surface area (Å²) >= 11 is 0. The number of hydrogen-bond donors (Lipinski definition) is 0. The molecule has 1 aromatic carbocycles. The van der Waals surface area contributed by atoms with Gasteiger partial charge in [-0.15, -0.1) is 0 Å². The molecule has 0 bridgehead atoms. The van der Waals surface area contributed by atoms with Gasteiger partial charge in [-0.2, -0.15) is 0 Å². The molecule has 1 aliphatic carbocycles. The van der Waals surface area contributed by atoms with E-state index in [0.29, 0.717) is 48.5 Å². The molecule has 1 fully saturated rings. The Morgan fingerprint density at radius 3 is 2.36 bits per heavy atom. The van der Waals surface area contributed by atoms with E-state index >= 15 is 0 Å². The average Bonchev–Trinajstić information content (AvgIpc) is 3.66. The number of amidine groups is 1. The molecule has 1 atom stereocenters. The summed E-state index contributed by atoms with van der Waals surface area (Å²) in [4.78, 5) is 54.0. The monoisotopic (exact) mass is 490 g/mol. The van der Waals surface area contributed by atoms with Gasteiger partial charge in [-0.05, 0) is 31.4 Å². The first-order valence-electron chi connectivity index (χ1n) is 12.7. The van der Waals surface area contributed by atoms with Crippen molar-refractivity contribution in [2.24, 2.45) is 4.99 Å². The van der Waals surface area contributed by atoms with Crippen molar-refractivity contribution in [3.8, 4) is 0 Å². The van der Waals surface area contributed by atoms with Crippen molar-refractivity contribution in [1.82, 2.24) is 19.4 Å². The number of methoxy groups -OCH3 is 1. The molecular weight excluding hydrogens is 460 g/mol. The summed E-state index contributed by atoms with van der Waals surface area (Å²) in [7, 11) is 1.65. The fraction of sp³-hybridized carbons (Fsp3) is 0.500. The second-order valence-electron chi connectivity index (χ2n) is 9.89. The quantitative estimate of drug-likeness (QED) is 0.555. The van der Waals surface area contributed by atoms with Crippen molar-refractivity contribution >= 4 is 29.5 Å². The van der Waals surface area contributed by atoms with Crippen LogP contribution in [0.1, 0.15) is 77.2 Å². The fourth-order valence-electron chi connectivity index (χ4n) is 5.94. The first kappa shape index (κ1) is 22.9. The van der Waals surface area contributed by atoms with Crippen molar-refractivity contribution in [3.05, 3.63) is 46.9 Å². The Morgan fingerprint density at radius 2 is 1.72 bits per heavy atom. The van der Waals surface area contributed by atoms with Crippen LogP contribution in [0.2, 0.25) is 0 Å². The Kier molecular flexibility index (Phi) is 5.63. The Labute approximate surface area is 209 Å². The first-order chi connectivity index (χ1) is 17.5. The van der Waals surface area contributed by atoms with E-state index in [2.05, 4.69) is 4.57 Å². The Balaban J connectivity index is 1.38. The van der Waals surface area contributed by atoms with Crippen LogP contribution in [-0.2, 0) is 11.5 Å². The summed E-state index contributed by atoms with van der Waals surface area (Å²) in [5, 5.41) is 0. The Bertz CT molecular complexity index is 1240. The number of nitrogens with zero attached hydrogens (tertiary/aromatic N) is 6. The van der Waals surface area contributed by atoms with Gasteiger partial charge in [0.1, 0.15) is 18.2 Å². The molecule has 10 heteroatoms. The minimum Gasteiger partial charge on any atom is -0.364 e. The van der Waals surface area contributed by atoms with E-state index in [1.807, 2.05) is 6.92 Å². The SMILES string of the molecule is CCCN1C(=O)N2CC(CN3C(=O)c4ccccc4C3=O)N=C2c2c1nc(C1CCCC1)n2COC. The molecular formula is C26H30N6O4. The summed E-state index contributed by atoms with van der Waals surface area (Å²) in [5.41, 5.74) is 1.62. The molecule has 0 radical (unpaired) electrons. The van der Waals surface area contributed by atoms with Gasteiger partial charge < -0.3 is 4.74 Å². The molecule has 4 heterocycles. The van der Waals surface area contributed by atoms with Gasteiger partial charge in [-0.25, -0.2) is 9.78 Å². The van der Waals surface area contributed by atoms with Crippen LogP contribution in [-0.4, -0.2) is 75.8 Å². The molecule has 4 aliphatic rings. The lowest BCUT2D eigenvalue weighted by atomic mass is 10.1. The highest BCUT2D eigenvalue weighted by atomic mass is 16.5. The third-order valence-corrected chi connectivity index (χ3v) is 7.56. The number of ether oxygens (including phenoxy) is 1. The summed E-state index contributed by atoms with van der Waals surface area (Å²) in [6.45, 7) is 3.33. The maximum absolute atomic E-state index is 13.6. The number of aliphatic imine (C=N–C) groups is 1. The van der Waals surface area contributed by atoms with Gasteiger partial charge in [-0.3, -0.25) is 33.8 Å². The van der Waals surface area contributed by atoms with Gasteiger partial charge in [-0.1, -0.05) is 31.9 Å². The maximum Gasteiger partial charge on any atom is 0.331 e. The lowest BCUT2D eigenvalue weighted by molar-refractivity contribution is 0.0645. The lowest BCUT2D eigenvalue weighted by Crippen LogP contribution is -2.51. The molecule has 1 aromatic heterocycles. The fourth-order valence-corrected chi connectivity index (χ4v) is 5.94. The average molecular weight is 491 g/mol. The first-order valence-corrected chi connectivity index (χ1v) is 12.7. The molecule has 10 nitrogen and oxygen atoms in total.